The maximum Gasteiger partial charge on any atom is 0.254 e. The number of hydrogen-bond donors (Lipinski definition) is 1. The van der Waals surface area contributed by atoms with Crippen molar-refractivity contribution in [2.45, 2.75) is 46.1 Å². The number of aryl methyl sites for hydroxylation is 3. The van der Waals surface area contributed by atoms with Gasteiger partial charge in [0, 0.05) is 18.7 Å². The minimum atomic E-state index is -0.178. The Kier molecular flexibility index (Phi) is 3.68. The van der Waals surface area contributed by atoms with Crippen LogP contribution in [0.4, 0.5) is 0 Å². The van der Waals surface area contributed by atoms with Crippen molar-refractivity contribution in [1.29, 1.82) is 0 Å². The van der Waals surface area contributed by atoms with Gasteiger partial charge in [-0.1, -0.05) is 6.07 Å². The van der Waals surface area contributed by atoms with Gasteiger partial charge in [-0.15, -0.1) is 0 Å². The van der Waals surface area contributed by atoms with Crippen LogP contribution < -0.4 is 5.73 Å². The number of carbonyl (C=O) groups is 1. The number of likely N-dealkylation sites (tertiary alicyclic amines) is 1. The minimum Gasteiger partial charge on any atom is -0.332 e. The van der Waals surface area contributed by atoms with E-state index in [-0.39, 0.29) is 11.4 Å². The second-order valence-electron chi connectivity index (χ2n) is 6.01. The topological polar surface area (TPSA) is 46.3 Å². The third-order valence-corrected chi connectivity index (χ3v) is 4.50. The Morgan fingerprint density at radius 1 is 1.26 bits per heavy atom. The second-order valence-corrected chi connectivity index (χ2v) is 6.01. The molecule has 1 aromatic rings. The third-order valence-electron chi connectivity index (χ3n) is 4.50. The van der Waals surface area contributed by atoms with Gasteiger partial charge in [0.05, 0.1) is 5.54 Å². The van der Waals surface area contributed by atoms with Crippen molar-refractivity contribution in [3.8, 4) is 0 Å². The predicted octanol–water partition coefficient (Wildman–Crippen LogP) is 2.57. The Morgan fingerprint density at radius 3 is 2.53 bits per heavy atom. The first kappa shape index (κ1) is 14.1. The highest BCUT2D eigenvalue weighted by molar-refractivity contribution is 5.96. The molecule has 1 unspecified atom stereocenters. The van der Waals surface area contributed by atoms with E-state index in [1.807, 2.05) is 17.9 Å². The van der Waals surface area contributed by atoms with E-state index in [1.54, 1.807) is 0 Å². The third kappa shape index (κ3) is 2.39. The summed E-state index contributed by atoms with van der Waals surface area (Å²) in [5.41, 5.74) is 9.98. The second kappa shape index (κ2) is 4.97. The van der Waals surface area contributed by atoms with Gasteiger partial charge >= 0.3 is 0 Å². The molecule has 0 saturated carbocycles. The maximum atomic E-state index is 12.8. The van der Waals surface area contributed by atoms with Crippen molar-refractivity contribution < 1.29 is 4.79 Å². The van der Waals surface area contributed by atoms with Crippen LogP contribution >= 0.6 is 0 Å². The van der Waals surface area contributed by atoms with Gasteiger partial charge in [-0.2, -0.15) is 0 Å². The van der Waals surface area contributed by atoms with Gasteiger partial charge in [-0.05, 0) is 63.3 Å². The summed E-state index contributed by atoms with van der Waals surface area (Å²) < 4.78 is 0. The number of hydrogen-bond acceptors (Lipinski definition) is 2. The largest absolute Gasteiger partial charge is 0.332 e. The monoisotopic (exact) mass is 260 g/mol. The molecule has 0 bridgehead atoms. The Hall–Kier alpha value is -1.35. The standard InChI is InChI=1S/C16H24N2O/c1-11-8-13(3)14(9-12(11)2)15(19)18-7-5-6-16(18,4)10-17/h8-9H,5-7,10,17H2,1-4H3. The molecule has 3 heteroatoms. The Bertz CT molecular complexity index is 510. The average Bonchev–Trinajstić information content (AvgIpc) is 2.76. The van der Waals surface area contributed by atoms with Crippen LogP contribution in [-0.4, -0.2) is 29.4 Å². The smallest absolute Gasteiger partial charge is 0.254 e. The first-order chi connectivity index (χ1) is 8.89. The molecule has 0 aromatic heterocycles. The highest BCUT2D eigenvalue weighted by atomic mass is 16.2. The van der Waals surface area contributed by atoms with Crippen LogP contribution in [-0.2, 0) is 0 Å². The summed E-state index contributed by atoms with van der Waals surface area (Å²) in [6, 6.07) is 4.11. The van der Waals surface area contributed by atoms with Crippen LogP contribution in [0, 0.1) is 20.8 Å². The molecule has 104 valence electrons. The summed E-state index contributed by atoms with van der Waals surface area (Å²) in [6.45, 7) is 9.58. The number of benzene rings is 1. The van der Waals surface area contributed by atoms with Crippen LogP contribution in [0.25, 0.3) is 0 Å². The van der Waals surface area contributed by atoms with Crippen molar-refractivity contribution in [2.24, 2.45) is 5.73 Å². The first-order valence-electron chi connectivity index (χ1n) is 6.99. The molecule has 2 N–H and O–H groups in total. The van der Waals surface area contributed by atoms with E-state index in [9.17, 15) is 4.79 Å². The van der Waals surface area contributed by atoms with Gasteiger partial charge < -0.3 is 10.6 Å². The van der Waals surface area contributed by atoms with Gasteiger partial charge in [0.25, 0.3) is 5.91 Å². The molecule has 1 atom stereocenters. The van der Waals surface area contributed by atoms with E-state index in [0.29, 0.717) is 6.54 Å². The summed E-state index contributed by atoms with van der Waals surface area (Å²) in [5, 5.41) is 0. The predicted molar refractivity (Wildman–Crippen MR) is 78.4 cm³/mol. The van der Waals surface area contributed by atoms with E-state index < -0.39 is 0 Å². The molecule has 1 fully saturated rings. The van der Waals surface area contributed by atoms with E-state index in [1.165, 1.54) is 11.1 Å². The maximum absolute atomic E-state index is 12.8. The van der Waals surface area contributed by atoms with E-state index in [2.05, 4.69) is 26.8 Å². The van der Waals surface area contributed by atoms with Gasteiger partial charge in [0.2, 0.25) is 0 Å². The van der Waals surface area contributed by atoms with Crippen LogP contribution in [0.5, 0.6) is 0 Å². The minimum absolute atomic E-state index is 0.131. The molecule has 1 heterocycles. The molecule has 0 radical (unpaired) electrons. The molecule has 2 rings (SSSR count). The fourth-order valence-corrected chi connectivity index (χ4v) is 2.92. The fourth-order valence-electron chi connectivity index (χ4n) is 2.92. The van der Waals surface area contributed by atoms with Crippen molar-refractivity contribution in [2.75, 3.05) is 13.1 Å². The lowest BCUT2D eigenvalue weighted by Crippen LogP contribution is -2.50. The summed E-state index contributed by atoms with van der Waals surface area (Å²) in [6.07, 6.45) is 2.04. The SMILES string of the molecule is Cc1cc(C)c(C(=O)N2CCCC2(C)CN)cc1C. The van der Waals surface area contributed by atoms with Gasteiger partial charge in [-0.3, -0.25) is 4.79 Å². The molecule has 1 aromatic carbocycles. The zero-order chi connectivity index (χ0) is 14.2. The number of rotatable bonds is 2. The van der Waals surface area contributed by atoms with Crippen molar-refractivity contribution in [3.63, 3.8) is 0 Å². The number of nitrogens with zero attached hydrogens (tertiary/aromatic N) is 1. The molecule has 0 aliphatic carbocycles. The molecular weight excluding hydrogens is 236 g/mol. The van der Waals surface area contributed by atoms with Crippen molar-refractivity contribution >= 4 is 5.91 Å². The number of amides is 1. The molecular formula is C16H24N2O. The lowest BCUT2D eigenvalue weighted by molar-refractivity contribution is 0.0636. The Morgan fingerprint density at radius 2 is 1.89 bits per heavy atom. The molecule has 1 amide bonds. The van der Waals surface area contributed by atoms with E-state index in [0.717, 1.165) is 30.5 Å². The van der Waals surface area contributed by atoms with E-state index >= 15 is 0 Å². The molecule has 3 nitrogen and oxygen atoms in total. The summed E-state index contributed by atoms with van der Waals surface area (Å²) in [7, 11) is 0. The first-order valence-corrected chi connectivity index (χ1v) is 6.99. The van der Waals surface area contributed by atoms with Crippen LogP contribution in [0.3, 0.4) is 0 Å². The molecule has 1 aliphatic rings. The lowest BCUT2D eigenvalue weighted by Gasteiger charge is -2.34. The summed E-state index contributed by atoms with van der Waals surface area (Å²) >= 11 is 0. The van der Waals surface area contributed by atoms with Crippen LogP contribution in [0.15, 0.2) is 12.1 Å². The highest BCUT2D eigenvalue weighted by Crippen LogP contribution is 2.30. The lowest BCUT2D eigenvalue weighted by atomic mass is 9.96. The Labute approximate surface area is 115 Å². The fraction of sp³-hybridized carbons (Fsp3) is 0.562. The van der Waals surface area contributed by atoms with Crippen LogP contribution in [0.2, 0.25) is 0 Å². The molecule has 0 spiro atoms. The summed E-state index contributed by atoms with van der Waals surface area (Å²) in [5.74, 6) is 0.131. The molecule has 1 saturated heterocycles. The zero-order valence-corrected chi connectivity index (χ0v) is 12.4. The van der Waals surface area contributed by atoms with Crippen LogP contribution in [0.1, 0.15) is 46.8 Å². The number of nitrogens with two attached hydrogens (primary N) is 1. The highest BCUT2D eigenvalue weighted by Gasteiger charge is 2.39. The average molecular weight is 260 g/mol. The quantitative estimate of drug-likeness (QED) is 0.888. The zero-order valence-electron chi connectivity index (χ0n) is 12.4. The van der Waals surface area contributed by atoms with Crippen molar-refractivity contribution in [3.05, 3.63) is 34.4 Å². The van der Waals surface area contributed by atoms with E-state index in [4.69, 9.17) is 5.73 Å². The summed E-state index contributed by atoms with van der Waals surface area (Å²) in [4.78, 5) is 14.7. The van der Waals surface area contributed by atoms with Crippen molar-refractivity contribution in [1.82, 2.24) is 4.90 Å². The van der Waals surface area contributed by atoms with Gasteiger partial charge in [0.15, 0.2) is 0 Å². The normalized spacial score (nSPS) is 22.9. The molecule has 1 aliphatic heterocycles. The van der Waals surface area contributed by atoms with Gasteiger partial charge in [0.1, 0.15) is 0 Å². The number of carbonyl (C=O) groups excluding carboxylic acids is 1. The Balaban J connectivity index is 2.37. The molecule has 19 heavy (non-hydrogen) atoms. The van der Waals surface area contributed by atoms with Gasteiger partial charge in [-0.25, -0.2) is 0 Å².